The molecule has 0 aliphatic rings. The molecule has 7 heteroatoms. The maximum absolute atomic E-state index is 12.6. The molecule has 2 N–H and O–H groups in total. The molecule has 0 atom stereocenters. The van der Waals surface area contributed by atoms with E-state index in [9.17, 15) is 13.2 Å². The van der Waals surface area contributed by atoms with E-state index in [4.69, 9.17) is 0 Å². The first kappa shape index (κ1) is 17.9. The second-order valence-corrected chi connectivity index (χ2v) is 8.37. The summed E-state index contributed by atoms with van der Waals surface area (Å²) in [5, 5.41) is 6.57. The average molecular weight is 391 g/mol. The van der Waals surface area contributed by atoms with Gasteiger partial charge in [-0.05, 0) is 16.8 Å². The van der Waals surface area contributed by atoms with Crippen LogP contribution >= 0.6 is 0 Å². The molecule has 6 nitrogen and oxygen atoms in total. The molecule has 4 rings (SSSR count). The van der Waals surface area contributed by atoms with Crippen molar-refractivity contribution in [1.82, 2.24) is 10.4 Å². The normalized spacial score (nSPS) is 12.0. The van der Waals surface area contributed by atoms with Gasteiger partial charge >= 0.3 is 0 Å². The van der Waals surface area contributed by atoms with Crippen LogP contribution in [0.4, 0.5) is 0 Å². The fourth-order valence-electron chi connectivity index (χ4n) is 3.24. The van der Waals surface area contributed by atoms with Crippen molar-refractivity contribution in [1.29, 1.82) is 0 Å². The first-order valence-corrected chi connectivity index (χ1v) is 10.5. The third-order valence-electron chi connectivity index (χ3n) is 4.45. The van der Waals surface area contributed by atoms with Crippen molar-refractivity contribution in [3.8, 4) is 0 Å². The maximum Gasteiger partial charge on any atom is 0.289 e. The lowest BCUT2D eigenvalue weighted by atomic mass is 10.1. The van der Waals surface area contributed by atoms with Gasteiger partial charge in [-0.15, -0.1) is 0 Å². The molecule has 0 saturated heterocycles. The first-order valence-electron chi connectivity index (χ1n) is 8.57. The molecule has 0 saturated carbocycles. The number of rotatable bonds is 4. The van der Waals surface area contributed by atoms with Crippen LogP contribution in [0.15, 0.2) is 76.7 Å². The summed E-state index contributed by atoms with van der Waals surface area (Å²) in [7, 11) is -3.61. The van der Waals surface area contributed by atoms with E-state index in [0.29, 0.717) is 10.9 Å². The number of nitrogens with one attached hydrogen (secondary N) is 2. The Hall–Kier alpha value is -3.45. The van der Waals surface area contributed by atoms with E-state index in [1.54, 1.807) is 30.5 Å². The number of para-hydroxylation sites is 1. The molecule has 1 aromatic heterocycles. The minimum absolute atomic E-state index is 0.0269. The molecule has 0 aliphatic heterocycles. The first-order chi connectivity index (χ1) is 13.4. The maximum atomic E-state index is 12.6. The molecule has 0 radical (unpaired) electrons. The number of fused-ring (bicyclic) bond motifs is 2. The molecule has 4 aromatic rings. The molecular weight excluding hydrogens is 374 g/mol. The number of aromatic amines is 1. The summed E-state index contributed by atoms with van der Waals surface area (Å²) < 4.78 is 24.5. The lowest BCUT2D eigenvalue weighted by molar-refractivity contribution is 0.0947. The van der Waals surface area contributed by atoms with E-state index in [2.05, 4.69) is 15.5 Å². The van der Waals surface area contributed by atoms with Gasteiger partial charge in [-0.3, -0.25) is 4.79 Å². The largest absolute Gasteiger partial charge is 0.349 e. The minimum Gasteiger partial charge on any atom is -0.349 e. The number of benzene rings is 3. The zero-order valence-electron chi connectivity index (χ0n) is 15.0. The summed E-state index contributed by atoms with van der Waals surface area (Å²) in [6.45, 7) is 0. The highest BCUT2D eigenvalue weighted by Crippen LogP contribution is 2.26. The summed E-state index contributed by atoms with van der Waals surface area (Å²) in [4.78, 5) is 15.5. The lowest BCUT2D eigenvalue weighted by Gasteiger charge is -2.03. The van der Waals surface area contributed by atoms with Gasteiger partial charge < -0.3 is 4.98 Å². The van der Waals surface area contributed by atoms with E-state index < -0.39 is 15.7 Å². The quantitative estimate of drug-likeness (QED) is 0.412. The number of hydrazone groups is 1. The second kappa shape index (κ2) is 6.94. The van der Waals surface area contributed by atoms with Crippen molar-refractivity contribution < 1.29 is 13.2 Å². The van der Waals surface area contributed by atoms with Crippen molar-refractivity contribution in [3.63, 3.8) is 0 Å². The SMILES string of the molecule is CS(=O)(=O)c1c(C(=O)N/N=C\c2cccc3ccccc23)[nH]c2ccccc12. The van der Waals surface area contributed by atoms with Crippen LogP contribution in [-0.4, -0.2) is 31.8 Å². The Kier molecular flexibility index (Phi) is 4.44. The summed E-state index contributed by atoms with van der Waals surface area (Å²) >= 11 is 0. The lowest BCUT2D eigenvalue weighted by Crippen LogP contribution is -2.20. The Labute approximate surface area is 161 Å². The zero-order valence-corrected chi connectivity index (χ0v) is 15.8. The second-order valence-electron chi connectivity index (χ2n) is 6.41. The van der Waals surface area contributed by atoms with Crippen LogP contribution in [0.25, 0.3) is 21.7 Å². The summed E-state index contributed by atoms with van der Waals surface area (Å²) in [6, 6.07) is 20.5. The monoisotopic (exact) mass is 391 g/mol. The van der Waals surface area contributed by atoms with Crippen molar-refractivity contribution in [2.45, 2.75) is 4.90 Å². The zero-order chi connectivity index (χ0) is 19.7. The van der Waals surface area contributed by atoms with Crippen LogP contribution in [-0.2, 0) is 9.84 Å². The predicted molar refractivity (Wildman–Crippen MR) is 110 cm³/mol. The van der Waals surface area contributed by atoms with Gasteiger partial charge in [0.05, 0.1) is 6.21 Å². The van der Waals surface area contributed by atoms with Crippen LogP contribution in [0.3, 0.4) is 0 Å². The number of H-pyrrole nitrogens is 1. The summed E-state index contributed by atoms with van der Waals surface area (Å²) in [5.41, 5.74) is 3.81. The van der Waals surface area contributed by atoms with Gasteiger partial charge in [0.15, 0.2) is 9.84 Å². The molecule has 0 spiro atoms. The molecule has 0 fully saturated rings. The summed E-state index contributed by atoms with van der Waals surface area (Å²) in [5.74, 6) is -0.617. The van der Waals surface area contributed by atoms with E-state index in [0.717, 1.165) is 22.6 Å². The fourth-order valence-corrected chi connectivity index (χ4v) is 4.33. The van der Waals surface area contributed by atoms with Gasteiger partial charge in [0, 0.05) is 22.7 Å². The molecule has 1 heterocycles. The molecule has 28 heavy (non-hydrogen) atoms. The van der Waals surface area contributed by atoms with Gasteiger partial charge in [-0.25, -0.2) is 13.8 Å². The molecule has 0 bridgehead atoms. The van der Waals surface area contributed by atoms with Crippen molar-refractivity contribution in [2.24, 2.45) is 5.10 Å². The molecule has 0 unspecified atom stereocenters. The topological polar surface area (TPSA) is 91.4 Å². The van der Waals surface area contributed by atoms with E-state index >= 15 is 0 Å². The third kappa shape index (κ3) is 3.27. The van der Waals surface area contributed by atoms with E-state index in [-0.39, 0.29) is 10.6 Å². The van der Waals surface area contributed by atoms with Crippen LogP contribution in [0.5, 0.6) is 0 Å². The predicted octanol–water partition coefficient (Wildman–Crippen LogP) is 3.49. The average Bonchev–Trinajstić information content (AvgIpc) is 3.08. The van der Waals surface area contributed by atoms with Gasteiger partial charge in [0.25, 0.3) is 5.91 Å². The smallest absolute Gasteiger partial charge is 0.289 e. The van der Waals surface area contributed by atoms with Crippen molar-refractivity contribution in [2.75, 3.05) is 6.26 Å². The Morgan fingerprint density at radius 1 is 0.964 bits per heavy atom. The molecule has 3 aromatic carbocycles. The number of aromatic nitrogens is 1. The molecule has 140 valence electrons. The standard InChI is InChI=1S/C21H17N3O3S/c1-28(26,27)20-17-11-4-5-12-18(17)23-19(20)21(25)24-22-13-15-9-6-8-14-7-2-3-10-16(14)15/h2-13,23H,1H3,(H,24,25)/b22-13-. The molecule has 0 aliphatic carbocycles. The van der Waals surface area contributed by atoms with Crippen LogP contribution in [0.2, 0.25) is 0 Å². The number of amides is 1. The Morgan fingerprint density at radius 2 is 1.64 bits per heavy atom. The third-order valence-corrected chi connectivity index (χ3v) is 5.61. The molecular formula is C21H17N3O3S. The fraction of sp³-hybridized carbons (Fsp3) is 0.0476. The number of sulfone groups is 1. The van der Waals surface area contributed by atoms with Crippen molar-refractivity contribution >= 4 is 43.6 Å². The highest BCUT2D eigenvalue weighted by atomic mass is 32.2. The van der Waals surface area contributed by atoms with Gasteiger partial charge in [0.2, 0.25) is 0 Å². The number of hydrogen-bond acceptors (Lipinski definition) is 4. The highest BCUT2D eigenvalue weighted by Gasteiger charge is 2.24. The van der Waals surface area contributed by atoms with Gasteiger partial charge in [-0.1, -0.05) is 60.7 Å². The van der Waals surface area contributed by atoms with Crippen molar-refractivity contribution in [3.05, 3.63) is 78.0 Å². The number of hydrogen-bond donors (Lipinski definition) is 2. The number of carbonyl (C=O) groups is 1. The van der Waals surface area contributed by atoms with Crippen LogP contribution < -0.4 is 5.43 Å². The minimum atomic E-state index is -3.61. The van der Waals surface area contributed by atoms with E-state index in [1.165, 1.54) is 0 Å². The summed E-state index contributed by atoms with van der Waals surface area (Å²) in [6.07, 6.45) is 2.63. The van der Waals surface area contributed by atoms with Gasteiger partial charge in [-0.2, -0.15) is 5.10 Å². The number of carbonyl (C=O) groups excluding carboxylic acids is 1. The Bertz CT molecular complexity index is 1330. The van der Waals surface area contributed by atoms with Crippen LogP contribution in [0.1, 0.15) is 16.1 Å². The van der Waals surface area contributed by atoms with Gasteiger partial charge in [0.1, 0.15) is 10.6 Å². The van der Waals surface area contributed by atoms with E-state index in [1.807, 2.05) is 42.5 Å². The highest BCUT2D eigenvalue weighted by molar-refractivity contribution is 7.91. The number of nitrogens with zero attached hydrogens (tertiary/aromatic N) is 1. The molecule has 1 amide bonds. The van der Waals surface area contributed by atoms with Crippen LogP contribution in [0, 0.1) is 0 Å². The Morgan fingerprint density at radius 3 is 2.43 bits per heavy atom. The Balaban J connectivity index is 1.67.